The van der Waals surface area contributed by atoms with Gasteiger partial charge in [0.25, 0.3) is 5.91 Å². The lowest BCUT2D eigenvalue weighted by atomic mass is 9.79. The molecular formula is C29H38N4O4. The zero-order valence-corrected chi connectivity index (χ0v) is 21.9. The lowest BCUT2D eigenvalue weighted by molar-refractivity contribution is -0.147. The van der Waals surface area contributed by atoms with Gasteiger partial charge in [-0.3, -0.25) is 15.0 Å². The van der Waals surface area contributed by atoms with E-state index < -0.39 is 17.3 Å². The van der Waals surface area contributed by atoms with Crippen LogP contribution in [0.1, 0.15) is 57.7 Å². The van der Waals surface area contributed by atoms with Crippen LogP contribution in [0.3, 0.4) is 0 Å². The molecule has 2 unspecified atom stereocenters. The summed E-state index contributed by atoms with van der Waals surface area (Å²) in [5.41, 5.74) is -0.481. The number of pyridine rings is 1. The molecule has 198 valence electrons. The van der Waals surface area contributed by atoms with Crippen LogP contribution in [-0.2, 0) is 21.7 Å². The lowest BCUT2D eigenvalue weighted by Gasteiger charge is -2.33. The van der Waals surface area contributed by atoms with Gasteiger partial charge in [-0.15, -0.1) is 0 Å². The molecule has 3 aliphatic rings. The SMILES string of the molecule is CC(C)(C)OC(=O)Nc1cccc(CN2CC3[C@H](C2)[C@H]3NC(=O)C(O)(c2ccccc2)C2CCCC2)n1. The van der Waals surface area contributed by atoms with Gasteiger partial charge in [-0.1, -0.05) is 49.2 Å². The molecule has 1 aliphatic heterocycles. The summed E-state index contributed by atoms with van der Waals surface area (Å²) in [6.45, 7) is 7.88. The normalized spacial score (nSPS) is 25.2. The second kappa shape index (κ2) is 10.1. The number of carbonyl (C=O) groups is 2. The third-order valence-electron chi connectivity index (χ3n) is 7.89. The van der Waals surface area contributed by atoms with Crippen LogP contribution in [0.4, 0.5) is 10.6 Å². The molecule has 2 saturated carbocycles. The minimum Gasteiger partial charge on any atom is -0.444 e. The van der Waals surface area contributed by atoms with E-state index in [1.165, 1.54) is 0 Å². The smallest absolute Gasteiger partial charge is 0.413 e. The molecule has 3 fully saturated rings. The van der Waals surface area contributed by atoms with E-state index >= 15 is 0 Å². The molecular weight excluding hydrogens is 468 g/mol. The average Bonchev–Trinajstić information content (AvgIpc) is 3.24. The maximum atomic E-state index is 13.5. The summed E-state index contributed by atoms with van der Waals surface area (Å²) in [6, 6.07) is 15.1. The molecule has 0 radical (unpaired) electrons. The van der Waals surface area contributed by atoms with Gasteiger partial charge in [0.1, 0.15) is 11.4 Å². The Hall–Kier alpha value is -2.97. The van der Waals surface area contributed by atoms with Gasteiger partial charge in [-0.05, 0) is 63.1 Å². The predicted octanol–water partition coefficient (Wildman–Crippen LogP) is 4.05. The first-order chi connectivity index (χ1) is 17.6. The molecule has 0 spiro atoms. The number of likely N-dealkylation sites (tertiary alicyclic amines) is 1. The Labute approximate surface area is 218 Å². The van der Waals surface area contributed by atoms with Crippen LogP contribution in [0.2, 0.25) is 0 Å². The molecule has 8 heteroatoms. The van der Waals surface area contributed by atoms with E-state index in [9.17, 15) is 14.7 Å². The first-order valence-electron chi connectivity index (χ1n) is 13.4. The number of piperidine rings is 1. The van der Waals surface area contributed by atoms with Crippen LogP contribution < -0.4 is 10.6 Å². The molecule has 2 aliphatic carbocycles. The number of anilines is 1. The van der Waals surface area contributed by atoms with E-state index in [4.69, 9.17) is 4.74 Å². The monoisotopic (exact) mass is 506 g/mol. The molecule has 2 heterocycles. The largest absolute Gasteiger partial charge is 0.444 e. The molecule has 0 bridgehead atoms. The highest BCUT2D eigenvalue weighted by Crippen LogP contribution is 2.47. The standard InChI is InChI=1S/C29H38N4O4/c1-28(2,3)37-27(35)31-24-15-9-14-21(30-24)16-33-17-22-23(18-33)25(22)32-26(34)29(36,20-12-7-8-13-20)19-10-5-4-6-11-19/h4-6,9-11,14-15,20,22-23,25,36H,7-8,12-13,16-18H2,1-3H3,(H,32,34)(H,30,31,35)/t22-,23?,25+,29?/m0/s1. The Morgan fingerprint density at radius 3 is 2.35 bits per heavy atom. The molecule has 1 aromatic heterocycles. The summed E-state index contributed by atoms with van der Waals surface area (Å²) in [7, 11) is 0. The van der Waals surface area contributed by atoms with E-state index in [1.807, 2.05) is 63.2 Å². The number of fused-ring (bicyclic) bond motifs is 1. The van der Waals surface area contributed by atoms with Crippen molar-refractivity contribution in [2.45, 2.75) is 70.2 Å². The number of amides is 2. The fraction of sp³-hybridized carbons (Fsp3) is 0.552. The first kappa shape index (κ1) is 25.7. The molecule has 5 rings (SSSR count). The van der Waals surface area contributed by atoms with Crippen molar-refractivity contribution in [3.05, 3.63) is 59.8 Å². The van der Waals surface area contributed by atoms with E-state index in [2.05, 4.69) is 20.5 Å². The number of aliphatic hydroxyl groups is 1. The fourth-order valence-electron chi connectivity index (χ4n) is 6.08. The topological polar surface area (TPSA) is 104 Å². The van der Waals surface area contributed by atoms with E-state index in [0.29, 0.717) is 29.8 Å². The van der Waals surface area contributed by atoms with E-state index in [1.54, 1.807) is 6.07 Å². The highest BCUT2D eigenvalue weighted by molar-refractivity contribution is 5.87. The molecule has 4 atom stereocenters. The minimum absolute atomic E-state index is 0.0439. The van der Waals surface area contributed by atoms with Gasteiger partial charge in [0, 0.05) is 31.6 Å². The maximum absolute atomic E-state index is 13.5. The van der Waals surface area contributed by atoms with E-state index in [-0.39, 0.29) is 17.9 Å². The Morgan fingerprint density at radius 1 is 1.03 bits per heavy atom. The van der Waals surface area contributed by atoms with Crippen LogP contribution in [-0.4, -0.2) is 51.7 Å². The molecule has 1 saturated heterocycles. The van der Waals surface area contributed by atoms with Crippen molar-refractivity contribution in [1.82, 2.24) is 15.2 Å². The van der Waals surface area contributed by atoms with Crippen LogP contribution in [0.5, 0.6) is 0 Å². The van der Waals surface area contributed by atoms with Crippen LogP contribution in [0, 0.1) is 17.8 Å². The summed E-state index contributed by atoms with van der Waals surface area (Å²) >= 11 is 0. The minimum atomic E-state index is -1.47. The quantitative estimate of drug-likeness (QED) is 0.523. The number of nitrogens with one attached hydrogen (secondary N) is 2. The van der Waals surface area contributed by atoms with Crippen molar-refractivity contribution < 1.29 is 19.4 Å². The Bertz CT molecular complexity index is 1120. The van der Waals surface area contributed by atoms with Gasteiger partial charge < -0.3 is 15.2 Å². The van der Waals surface area contributed by atoms with Crippen molar-refractivity contribution in [3.8, 4) is 0 Å². The van der Waals surface area contributed by atoms with Gasteiger partial charge in [0.2, 0.25) is 0 Å². The summed E-state index contributed by atoms with van der Waals surface area (Å²) in [5, 5.41) is 17.6. The molecule has 8 nitrogen and oxygen atoms in total. The number of aromatic nitrogens is 1. The Morgan fingerprint density at radius 2 is 1.70 bits per heavy atom. The predicted molar refractivity (Wildman–Crippen MR) is 141 cm³/mol. The molecule has 1 aromatic carbocycles. The van der Waals surface area contributed by atoms with Crippen molar-refractivity contribution in [3.63, 3.8) is 0 Å². The second-order valence-corrected chi connectivity index (χ2v) is 11.8. The van der Waals surface area contributed by atoms with Crippen molar-refractivity contribution in [2.24, 2.45) is 17.8 Å². The number of carbonyl (C=O) groups excluding carboxylic acids is 2. The highest BCUT2D eigenvalue weighted by Gasteiger charge is 2.58. The molecule has 37 heavy (non-hydrogen) atoms. The number of hydrogen-bond acceptors (Lipinski definition) is 6. The fourth-order valence-corrected chi connectivity index (χ4v) is 6.08. The van der Waals surface area contributed by atoms with Crippen LogP contribution in [0.15, 0.2) is 48.5 Å². The number of rotatable bonds is 7. The van der Waals surface area contributed by atoms with Gasteiger partial charge >= 0.3 is 6.09 Å². The zero-order chi connectivity index (χ0) is 26.2. The van der Waals surface area contributed by atoms with Gasteiger partial charge in [0.15, 0.2) is 5.60 Å². The Kier molecular flexibility index (Phi) is 6.98. The van der Waals surface area contributed by atoms with Crippen LogP contribution in [0.25, 0.3) is 0 Å². The lowest BCUT2D eigenvalue weighted by Crippen LogP contribution is -2.50. The summed E-state index contributed by atoms with van der Waals surface area (Å²) in [6.07, 6.45) is 3.34. The molecule has 2 amide bonds. The zero-order valence-electron chi connectivity index (χ0n) is 21.9. The number of ether oxygens (including phenoxy) is 1. The van der Waals surface area contributed by atoms with Crippen molar-refractivity contribution in [1.29, 1.82) is 0 Å². The van der Waals surface area contributed by atoms with Crippen molar-refractivity contribution >= 4 is 17.8 Å². The van der Waals surface area contributed by atoms with Gasteiger partial charge in [0.05, 0.1) is 5.69 Å². The number of hydrogen-bond donors (Lipinski definition) is 3. The molecule has 2 aromatic rings. The van der Waals surface area contributed by atoms with Gasteiger partial charge in [-0.25, -0.2) is 9.78 Å². The Balaban J connectivity index is 1.16. The highest BCUT2D eigenvalue weighted by atomic mass is 16.6. The summed E-state index contributed by atoms with van der Waals surface area (Å²) in [4.78, 5) is 32.5. The summed E-state index contributed by atoms with van der Waals surface area (Å²) < 4.78 is 5.31. The first-order valence-corrected chi connectivity index (χ1v) is 13.4. The average molecular weight is 507 g/mol. The number of nitrogens with zero attached hydrogens (tertiary/aromatic N) is 2. The van der Waals surface area contributed by atoms with Crippen molar-refractivity contribution in [2.75, 3.05) is 18.4 Å². The van der Waals surface area contributed by atoms with Crippen LogP contribution >= 0.6 is 0 Å². The maximum Gasteiger partial charge on any atom is 0.413 e. The third-order valence-corrected chi connectivity index (χ3v) is 7.89. The summed E-state index contributed by atoms with van der Waals surface area (Å²) in [5.74, 6) is 0.941. The number of benzene rings is 1. The van der Waals surface area contributed by atoms with E-state index in [0.717, 1.165) is 44.5 Å². The molecule has 3 N–H and O–H groups in total. The third kappa shape index (κ3) is 5.65. The second-order valence-electron chi connectivity index (χ2n) is 11.8. The van der Waals surface area contributed by atoms with Gasteiger partial charge in [-0.2, -0.15) is 0 Å².